The fourth-order valence-electron chi connectivity index (χ4n) is 2.24. The number of benzene rings is 1. The third-order valence-electron chi connectivity index (χ3n) is 3.44. The van der Waals surface area contributed by atoms with Gasteiger partial charge in [-0.2, -0.15) is 0 Å². The second-order valence-electron chi connectivity index (χ2n) is 5.08. The Morgan fingerprint density at radius 1 is 1.08 bits per heavy atom. The van der Waals surface area contributed by atoms with Gasteiger partial charge in [-0.1, -0.05) is 17.2 Å². The molecule has 0 atom stereocenters. The number of carbonyl (C=O) groups is 3. The number of hydrogen-bond donors (Lipinski definition) is 0. The van der Waals surface area contributed by atoms with Crippen molar-refractivity contribution in [2.45, 2.75) is 0 Å². The molecule has 1 aliphatic rings. The van der Waals surface area contributed by atoms with Gasteiger partial charge in [-0.25, -0.2) is 4.79 Å². The van der Waals surface area contributed by atoms with Crippen molar-refractivity contribution in [1.82, 2.24) is 10.0 Å². The summed E-state index contributed by atoms with van der Waals surface area (Å²) in [6.07, 6.45) is 2.68. The number of pyridine rings is 1. The summed E-state index contributed by atoms with van der Waals surface area (Å²) in [5, 5.41) is 0.450. The fourth-order valence-corrected chi connectivity index (χ4v) is 2.24. The number of fused-ring (bicyclic) bond motifs is 1. The normalized spacial score (nSPS) is 12.9. The van der Waals surface area contributed by atoms with Crippen LogP contribution in [0, 0.1) is 0 Å². The SMILES string of the molecule is COCCOc1cncc(C(=O)ON2C(=O)c3ccccc3C2=O)c1. The standard InChI is InChI=1S/C17H14N2O6/c1-23-6-7-24-12-8-11(9-18-10-12)17(22)25-19-15(20)13-4-2-3-5-14(13)16(19)21/h2-5,8-10H,6-7H2,1H3. The summed E-state index contributed by atoms with van der Waals surface area (Å²) in [4.78, 5) is 45.5. The van der Waals surface area contributed by atoms with Crippen LogP contribution in [-0.2, 0) is 9.57 Å². The van der Waals surface area contributed by atoms with Gasteiger partial charge in [0.15, 0.2) is 0 Å². The molecule has 0 N–H and O–H groups in total. The molecule has 1 aromatic carbocycles. The van der Waals surface area contributed by atoms with Crippen LogP contribution in [0.1, 0.15) is 31.1 Å². The number of rotatable bonds is 6. The molecule has 0 fully saturated rings. The van der Waals surface area contributed by atoms with Crippen LogP contribution in [0.15, 0.2) is 42.7 Å². The van der Waals surface area contributed by atoms with E-state index in [-0.39, 0.29) is 23.3 Å². The van der Waals surface area contributed by atoms with Gasteiger partial charge in [-0.15, -0.1) is 0 Å². The van der Waals surface area contributed by atoms with Crippen LogP contribution in [0.3, 0.4) is 0 Å². The van der Waals surface area contributed by atoms with Crippen LogP contribution in [0.25, 0.3) is 0 Å². The van der Waals surface area contributed by atoms with Crippen molar-refractivity contribution < 1.29 is 28.7 Å². The molecule has 0 bridgehead atoms. The Morgan fingerprint density at radius 2 is 1.76 bits per heavy atom. The molecular formula is C17H14N2O6. The highest BCUT2D eigenvalue weighted by Gasteiger charge is 2.38. The second-order valence-corrected chi connectivity index (χ2v) is 5.08. The summed E-state index contributed by atoms with van der Waals surface area (Å²) >= 11 is 0. The minimum absolute atomic E-state index is 0.0477. The predicted molar refractivity (Wildman–Crippen MR) is 84.0 cm³/mol. The number of aromatic nitrogens is 1. The first-order chi connectivity index (χ1) is 12.1. The summed E-state index contributed by atoms with van der Waals surface area (Å²) in [7, 11) is 1.54. The van der Waals surface area contributed by atoms with Crippen molar-refractivity contribution in [2.24, 2.45) is 0 Å². The molecule has 2 amide bonds. The number of ether oxygens (including phenoxy) is 2. The van der Waals surface area contributed by atoms with Crippen LogP contribution in [0.4, 0.5) is 0 Å². The number of methoxy groups -OCH3 is 1. The van der Waals surface area contributed by atoms with E-state index >= 15 is 0 Å². The fraction of sp³-hybridized carbons (Fsp3) is 0.176. The molecule has 3 rings (SSSR count). The first-order valence-corrected chi connectivity index (χ1v) is 7.38. The number of amides is 2. The Bertz CT molecular complexity index is 800. The lowest BCUT2D eigenvalue weighted by Crippen LogP contribution is -2.32. The van der Waals surface area contributed by atoms with Gasteiger partial charge in [-0.05, 0) is 18.2 Å². The Kier molecular flexibility index (Phi) is 4.71. The summed E-state index contributed by atoms with van der Waals surface area (Å²) in [6, 6.07) is 7.65. The van der Waals surface area contributed by atoms with Crippen LogP contribution >= 0.6 is 0 Å². The van der Waals surface area contributed by atoms with Gasteiger partial charge < -0.3 is 14.3 Å². The molecule has 128 valence electrons. The minimum Gasteiger partial charge on any atom is -0.490 e. The zero-order valence-electron chi connectivity index (χ0n) is 13.3. The third kappa shape index (κ3) is 3.33. The largest absolute Gasteiger partial charge is 0.490 e. The van der Waals surface area contributed by atoms with E-state index in [0.29, 0.717) is 17.4 Å². The molecule has 2 heterocycles. The average Bonchev–Trinajstić information content (AvgIpc) is 2.87. The van der Waals surface area contributed by atoms with Gasteiger partial charge in [0.2, 0.25) is 0 Å². The van der Waals surface area contributed by atoms with Crippen LogP contribution in [0.2, 0.25) is 0 Å². The maximum Gasteiger partial charge on any atom is 0.365 e. The van der Waals surface area contributed by atoms with Gasteiger partial charge in [0, 0.05) is 13.3 Å². The molecule has 8 nitrogen and oxygen atoms in total. The Labute approximate surface area is 142 Å². The lowest BCUT2D eigenvalue weighted by molar-refractivity contribution is -0.0585. The van der Waals surface area contributed by atoms with Crippen LogP contribution in [0.5, 0.6) is 5.75 Å². The lowest BCUT2D eigenvalue weighted by Gasteiger charge is -2.13. The quantitative estimate of drug-likeness (QED) is 0.579. The molecule has 1 aromatic heterocycles. The van der Waals surface area contributed by atoms with Crippen molar-refractivity contribution in [1.29, 1.82) is 0 Å². The van der Waals surface area contributed by atoms with Crippen molar-refractivity contribution in [3.63, 3.8) is 0 Å². The zero-order valence-corrected chi connectivity index (χ0v) is 13.3. The van der Waals surface area contributed by atoms with E-state index in [1.807, 2.05) is 0 Å². The van der Waals surface area contributed by atoms with Gasteiger partial charge in [0.05, 0.1) is 29.5 Å². The highest BCUT2D eigenvalue weighted by molar-refractivity contribution is 6.21. The highest BCUT2D eigenvalue weighted by atomic mass is 16.7. The van der Waals surface area contributed by atoms with E-state index < -0.39 is 17.8 Å². The monoisotopic (exact) mass is 342 g/mol. The van der Waals surface area contributed by atoms with Crippen molar-refractivity contribution in [3.05, 3.63) is 59.4 Å². The van der Waals surface area contributed by atoms with Crippen molar-refractivity contribution >= 4 is 17.8 Å². The molecule has 0 saturated heterocycles. The summed E-state index contributed by atoms with van der Waals surface area (Å²) < 4.78 is 10.2. The molecule has 0 radical (unpaired) electrons. The van der Waals surface area contributed by atoms with Gasteiger partial charge >= 0.3 is 5.97 Å². The van der Waals surface area contributed by atoms with E-state index in [1.54, 1.807) is 12.1 Å². The molecular weight excluding hydrogens is 328 g/mol. The molecule has 0 spiro atoms. The van der Waals surface area contributed by atoms with Crippen LogP contribution < -0.4 is 4.74 Å². The number of carbonyl (C=O) groups excluding carboxylic acids is 3. The number of nitrogens with zero attached hydrogens (tertiary/aromatic N) is 2. The maximum absolute atomic E-state index is 12.2. The first kappa shape index (κ1) is 16.6. The Hall–Kier alpha value is -3.26. The van der Waals surface area contributed by atoms with Crippen LogP contribution in [-0.4, -0.2) is 48.2 Å². The summed E-state index contributed by atoms with van der Waals surface area (Å²) in [5.74, 6) is -1.92. The first-order valence-electron chi connectivity index (χ1n) is 7.38. The molecule has 0 aliphatic carbocycles. The van der Waals surface area contributed by atoms with E-state index in [1.165, 1.54) is 37.7 Å². The molecule has 0 saturated carbocycles. The van der Waals surface area contributed by atoms with E-state index in [0.717, 1.165) is 0 Å². The molecule has 0 unspecified atom stereocenters. The Morgan fingerprint density at radius 3 is 2.40 bits per heavy atom. The molecule has 8 heteroatoms. The third-order valence-corrected chi connectivity index (χ3v) is 3.44. The zero-order chi connectivity index (χ0) is 17.8. The van der Waals surface area contributed by atoms with Crippen molar-refractivity contribution in [2.75, 3.05) is 20.3 Å². The minimum atomic E-state index is -0.890. The molecule has 2 aromatic rings. The number of hydrogen-bond acceptors (Lipinski definition) is 7. The predicted octanol–water partition coefficient (Wildman–Crippen LogP) is 1.47. The van der Waals surface area contributed by atoms with E-state index in [9.17, 15) is 14.4 Å². The van der Waals surface area contributed by atoms with Gasteiger partial charge in [0.25, 0.3) is 11.8 Å². The summed E-state index contributed by atoms with van der Waals surface area (Å²) in [5.41, 5.74) is 0.427. The molecule has 25 heavy (non-hydrogen) atoms. The number of imide groups is 1. The van der Waals surface area contributed by atoms with Gasteiger partial charge in [0.1, 0.15) is 12.4 Å². The highest BCUT2D eigenvalue weighted by Crippen LogP contribution is 2.23. The summed E-state index contributed by atoms with van der Waals surface area (Å²) in [6.45, 7) is 0.665. The maximum atomic E-state index is 12.2. The number of hydroxylamine groups is 2. The van der Waals surface area contributed by atoms with E-state index in [2.05, 4.69) is 4.98 Å². The second kappa shape index (κ2) is 7.10. The molecule has 1 aliphatic heterocycles. The average molecular weight is 342 g/mol. The lowest BCUT2D eigenvalue weighted by atomic mass is 10.1. The Balaban J connectivity index is 1.72. The smallest absolute Gasteiger partial charge is 0.365 e. The topological polar surface area (TPSA) is 95.0 Å². The van der Waals surface area contributed by atoms with E-state index in [4.69, 9.17) is 14.3 Å². The van der Waals surface area contributed by atoms with Crippen molar-refractivity contribution in [3.8, 4) is 5.75 Å². The van der Waals surface area contributed by atoms with Gasteiger partial charge in [-0.3, -0.25) is 14.6 Å².